The quantitative estimate of drug-likeness (QED) is 0.233. The Hall–Kier alpha value is -3.80. The van der Waals surface area contributed by atoms with Crippen LogP contribution in [0.5, 0.6) is 0 Å². The van der Waals surface area contributed by atoms with Crippen LogP contribution in [0.25, 0.3) is 21.5 Å². The van der Waals surface area contributed by atoms with Crippen LogP contribution in [0.15, 0.2) is 65.9 Å². The summed E-state index contributed by atoms with van der Waals surface area (Å²) in [6.07, 6.45) is 3.23. The van der Waals surface area contributed by atoms with Gasteiger partial charge in [-0.05, 0) is 41.5 Å². The summed E-state index contributed by atoms with van der Waals surface area (Å²) in [6, 6.07) is 18.6. The Morgan fingerprint density at radius 2 is 1.76 bits per heavy atom. The van der Waals surface area contributed by atoms with E-state index in [1.807, 2.05) is 24.3 Å². The summed E-state index contributed by atoms with van der Waals surface area (Å²) in [6.45, 7) is 3.80. The van der Waals surface area contributed by atoms with Crippen LogP contribution in [0.4, 0.5) is 5.95 Å². The Morgan fingerprint density at radius 3 is 2.38 bits per heavy atom. The summed E-state index contributed by atoms with van der Waals surface area (Å²) in [5.74, 6) is -0.112. The maximum Gasteiger partial charge on any atom is 0.341 e. The van der Waals surface area contributed by atoms with Gasteiger partial charge in [0.2, 0.25) is 5.95 Å². The Labute approximate surface area is 168 Å². The van der Waals surface area contributed by atoms with Gasteiger partial charge in [-0.2, -0.15) is 5.10 Å². The van der Waals surface area contributed by atoms with Crippen LogP contribution >= 0.6 is 0 Å². The normalized spacial score (nSPS) is 11.2. The molecule has 0 radical (unpaired) electrons. The molecule has 144 valence electrons. The minimum Gasteiger partial charge on any atom is -0.462 e. The van der Waals surface area contributed by atoms with Gasteiger partial charge in [0.15, 0.2) is 0 Å². The first-order valence-corrected chi connectivity index (χ1v) is 9.37. The number of hydrogen-bond donors (Lipinski definition) is 1. The maximum absolute atomic E-state index is 11.9. The third kappa shape index (κ3) is 3.78. The van der Waals surface area contributed by atoms with E-state index in [-0.39, 0.29) is 0 Å². The van der Waals surface area contributed by atoms with Crippen molar-refractivity contribution >= 4 is 39.7 Å². The second kappa shape index (κ2) is 8.06. The summed E-state index contributed by atoms with van der Waals surface area (Å²) in [7, 11) is 0. The molecule has 0 amide bonds. The van der Waals surface area contributed by atoms with E-state index in [9.17, 15) is 4.79 Å². The number of anilines is 1. The van der Waals surface area contributed by atoms with Gasteiger partial charge in [0.25, 0.3) is 0 Å². The first-order valence-electron chi connectivity index (χ1n) is 9.37. The fraction of sp³-hybridized carbons (Fsp3) is 0.130. The van der Waals surface area contributed by atoms with Gasteiger partial charge in [-0.1, -0.05) is 48.5 Å². The molecule has 0 unspecified atom stereocenters. The molecule has 0 fully saturated rings. The average Bonchev–Trinajstić information content (AvgIpc) is 2.73. The van der Waals surface area contributed by atoms with Crippen molar-refractivity contribution in [3.05, 3.63) is 77.6 Å². The molecule has 3 aromatic carbocycles. The monoisotopic (exact) mass is 384 g/mol. The van der Waals surface area contributed by atoms with E-state index in [0.29, 0.717) is 23.8 Å². The Balaban J connectivity index is 1.65. The van der Waals surface area contributed by atoms with E-state index in [1.165, 1.54) is 6.20 Å². The second-order valence-electron chi connectivity index (χ2n) is 6.52. The van der Waals surface area contributed by atoms with E-state index in [4.69, 9.17) is 4.74 Å². The molecule has 4 aromatic rings. The highest BCUT2D eigenvalue weighted by Gasteiger charge is 2.12. The lowest BCUT2D eigenvalue weighted by atomic mass is 9.97. The number of carbonyl (C=O) groups excluding carboxylic acids is 1. The second-order valence-corrected chi connectivity index (χ2v) is 6.52. The zero-order chi connectivity index (χ0) is 20.2. The maximum atomic E-state index is 11.9. The van der Waals surface area contributed by atoms with Crippen molar-refractivity contribution in [2.45, 2.75) is 13.8 Å². The van der Waals surface area contributed by atoms with Gasteiger partial charge in [-0.25, -0.2) is 20.2 Å². The van der Waals surface area contributed by atoms with Crippen LogP contribution in [0.1, 0.15) is 28.5 Å². The molecule has 6 nitrogen and oxygen atoms in total. The molecule has 0 bridgehead atoms. The number of benzene rings is 3. The van der Waals surface area contributed by atoms with Crippen molar-refractivity contribution in [2.24, 2.45) is 5.10 Å². The van der Waals surface area contributed by atoms with Crippen molar-refractivity contribution in [2.75, 3.05) is 12.0 Å². The van der Waals surface area contributed by atoms with Gasteiger partial charge in [-0.3, -0.25) is 0 Å². The van der Waals surface area contributed by atoms with Crippen molar-refractivity contribution in [1.29, 1.82) is 0 Å². The van der Waals surface area contributed by atoms with Crippen LogP contribution < -0.4 is 5.43 Å². The minimum absolute atomic E-state index is 0.307. The Kier molecular flexibility index (Phi) is 5.16. The van der Waals surface area contributed by atoms with Crippen LogP contribution in [0.3, 0.4) is 0 Å². The fourth-order valence-corrected chi connectivity index (χ4v) is 3.27. The van der Waals surface area contributed by atoms with Crippen molar-refractivity contribution < 1.29 is 9.53 Å². The molecule has 1 heterocycles. The third-order valence-corrected chi connectivity index (χ3v) is 4.65. The summed E-state index contributed by atoms with van der Waals surface area (Å²) in [5.41, 5.74) is 4.76. The molecule has 4 rings (SSSR count). The standard InChI is InChI=1S/C23H20N4O2/c1-3-29-22(28)20-13-24-23(26-15(20)2)27-25-14-21-18-10-6-4-8-16(18)12-17-9-5-7-11-19(17)21/h4-14H,3H2,1-2H3,(H,24,26,27). The van der Waals surface area contributed by atoms with Gasteiger partial charge in [0.05, 0.1) is 24.1 Å². The zero-order valence-electron chi connectivity index (χ0n) is 16.2. The highest BCUT2D eigenvalue weighted by atomic mass is 16.5. The Morgan fingerprint density at radius 1 is 1.10 bits per heavy atom. The molecule has 29 heavy (non-hydrogen) atoms. The number of carbonyl (C=O) groups is 1. The SMILES string of the molecule is CCOC(=O)c1cnc(NN=Cc2c3ccccc3cc3ccccc23)nc1C. The van der Waals surface area contributed by atoms with E-state index < -0.39 is 5.97 Å². The third-order valence-electron chi connectivity index (χ3n) is 4.65. The largest absolute Gasteiger partial charge is 0.462 e. The lowest BCUT2D eigenvalue weighted by Crippen LogP contribution is -2.10. The molecule has 0 saturated carbocycles. The smallest absolute Gasteiger partial charge is 0.341 e. The summed E-state index contributed by atoms with van der Waals surface area (Å²) >= 11 is 0. The number of aromatic nitrogens is 2. The van der Waals surface area contributed by atoms with Crippen molar-refractivity contribution in [3.8, 4) is 0 Å². The Bertz CT molecular complexity index is 1180. The first-order chi connectivity index (χ1) is 14.2. The van der Waals surface area contributed by atoms with E-state index >= 15 is 0 Å². The molecular weight excluding hydrogens is 364 g/mol. The van der Waals surface area contributed by atoms with Crippen molar-refractivity contribution in [1.82, 2.24) is 9.97 Å². The topological polar surface area (TPSA) is 76.5 Å². The van der Waals surface area contributed by atoms with Crippen LogP contribution in [0, 0.1) is 6.92 Å². The van der Waals surface area contributed by atoms with E-state index in [0.717, 1.165) is 27.1 Å². The number of esters is 1. The molecule has 0 aliphatic rings. The van der Waals surface area contributed by atoms with E-state index in [1.54, 1.807) is 20.1 Å². The molecule has 0 aliphatic carbocycles. The number of nitrogens with zero attached hydrogens (tertiary/aromatic N) is 3. The highest BCUT2D eigenvalue weighted by molar-refractivity contribution is 6.13. The van der Waals surface area contributed by atoms with Gasteiger partial charge >= 0.3 is 5.97 Å². The van der Waals surface area contributed by atoms with Crippen LogP contribution in [-0.2, 0) is 4.74 Å². The molecule has 0 spiro atoms. The van der Waals surface area contributed by atoms with Gasteiger partial charge in [0, 0.05) is 11.8 Å². The molecule has 1 aromatic heterocycles. The van der Waals surface area contributed by atoms with Gasteiger partial charge in [-0.15, -0.1) is 0 Å². The van der Waals surface area contributed by atoms with Gasteiger partial charge in [0.1, 0.15) is 0 Å². The molecule has 0 atom stereocenters. The summed E-state index contributed by atoms with van der Waals surface area (Å²) < 4.78 is 5.00. The molecule has 0 aliphatic heterocycles. The molecular formula is C23H20N4O2. The molecule has 6 heteroatoms. The van der Waals surface area contributed by atoms with Gasteiger partial charge < -0.3 is 4.74 Å². The number of aryl methyl sites for hydroxylation is 1. The van der Waals surface area contributed by atoms with E-state index in [2.05, 4.69) is 50.8 Å². The number of fused-ring (bicyclic) bond motifs is 2. The van der Waals surface area contributed by atoms with Crippen LogP contribution in [0.2, 0.25) is 0 Å². The number of hydrogen-bond acceptors (Lipinski definition) is 6. The number of rotatable bonds is 5. The highest BCUT2D eigenvalue weighted by Crippen LogP contribution is 2.27. The minimum atomic E-state index is -0.428. The number of hydrazone groups is 1. The predicted molar refractivity (Wildman–Crippen MR) is 115 cm³/mol. The predicted octanol–water partition coefficient (Wildman–Crippen LogP) is 4.71. The number of ether oxygens (including phenoxy) is 1. The lowest BCUT2D eigenvalue weighted by Gasteiger charge is -2.08. The van der Waals surface area contributed by atoms with Crippen LogP contribution in [-0.4, -0.2) is 28.8 Å². The molecule has 1 N–H and O–H groups in total. The first kappa shape index (κ1) is 18.6. The average molecular weight is 384 g/mol. The zero-order valence-corrected chi connectivity index (χ0v) is 16.2. The fourth-order valence-electron chi connectivity index (χ4n) is 3.27. The van der Waals surface area contributed by atoms with Crippen molar-refractivity contribution in [3.63, 3.8) is 0 Å². The molecule has 0 saturated heterocycles. The number of nitrogens with one attached hydrogen (secondary N) is 1. The lowest BCUT2D eigenvalue weighted by molar-refractivity contribution is 0.0524. The summed E-state index contributed by atoms with van der Waals surface area (Å²) in [5, 5.41) is 8.89. The summed E-state index contributed by atoms with van der Waals surface area (Å²) in [4.78, 5) is 20.3.